The van der Waals surface area contributed by atoms with Gasteiger partial charge in [0.05, 0.1) is 4.90 Å². The number of rotatable bonds is 3. The molecular formula is C9H9ClFNO3S. The molecule has 0 spiro atoms. The molecule has 0 saturated carbocycles. The maximum absolute atomic E-state index is 13.1. The van der Waals surface area contributed by atoms with E-state index in [9.17, 15) is 17.6 Å². The summed E-state index contributed by atoms with van der Waals surface area (Å²) < 4.78 is 35.0. The monoisotopic (exact) mass is 265 g/mol. The van der Waals surface area contributed by atoms with Crippen LogP contribution in [0.2, 0.25) is 0 Å². The fourth-order valence-electron chi connectivity index (χ4n) is 1.10. The first-order chi connectivity index (χ1) is 7.34. The second-order valence-corrected chi connectivity index (χ2v) is 5.54. The third-order valence-corrected chi connectivity index (χ3v) is 3.09. The Balaban J connectivity index is 3.24. The summed E-state index contributed by atoms with van der Waals surface area (Å²) in [7, 11) is 1.01. The van der Waals surface area contributed by atoms with Crippen LogP contribution < -0.4 is 5.32 Å². The normalized spacial score (nSPS) is 11.2. The predicted octanol–water partition coefficient (Wildman–Crippen LogP) is 1.50. The summed E-state index contributed by atoms with van der Waals surface area (Å²) >= 11 is 0. The molecule has 1 amide bonds. The van der Waals surface area contributed by atoms with Gasteiger partial charge in [0, 0.05) is 22.8 Å². The molecule has 1 aromatic carbocycles. The van der Waals surface area contributed by atoms with Crippen LogP contribution in [0.15, 0.2) is 23.1 Å². The summed E-state index contributed by atoms with van der Waals surface area (Å²) in [4.78, 5) is 10.9. The van der Waals surface area contributed by atoms with E-state index < -0.39 is 25.7 Å². The highest BCUT2D eigenvalue weighted by Gasteiger charge is 2.15. The molecule has 1 rings (SSSR count). The fourth-order valence-corrected chi connectivity index (χ4v) is 1.89. The maximum atomic E-state index is 13.1. The van der Waals surface area contributed by atoms with Gasteiger partial charge >= 0.3 is 0 Å². The molecule has 0 fully saturated rings. The van der Waals surface area contributed by atoms with Crippen LogP contribution in [0, 0.1) is 5.82 Å². The molecule has 0 unspecified atom stereocenters. The Hall–Kier alpha value is -1.14. The maximum Gasteiger partial charge on any atom is 0.261 e. The lowest BCUT2D eigenvalue weighted by atomic mass is 10.2. The number of carbonyl (C=O) groups is 1. The highest BCUT2D eigenvalue weighted by Crippen LogP contribution is 2.18. The van der Waals surface area contributed by atoms with E-state index in [1.165, 1.54) is 0 Å². The molecule has 0 heterocycles. The Morgan fingerprint density at radius 1 is 1.44 bits per heavy atom. The van der Waals surface area contributed by atoms with Gasteiger partial charge in [-0.2, -0.15) is 0 Å². The molecule has 88 valence electrons. The number of nitrogens with one attached hydrogen (secondary N) is 1. The van der Waals surface area contributed by atoms with Gasteiger partial charge in [0.1, 0.15) is 5.82 Å². The Labute approximate surface area is 96.8 Å². The van der Waals surface area contributed by atoms with E-state index >= 15 is 0 Å². The summed E-state index contributed by atoms with van der Waals surface area (Å²) in [6.45, 7) is 2.05. The van der Waals surface area contributed by atoms with E-state index in [0.29, 0.717) is 6.54 Å². The highest BCUT2D eigenvalue weighted by molar-refractivity contribution is 8.13. The standard InChI is InChI=1S/C9H9ClFNO3S/c1-2-12-9(13)6-3-7(11)5-8(4-6)16(10,14)15/h3-5H,2H2,1H3,(H,12,13). The zero-order chi connectivity index (χ0) is 12.3. The zero-order valence-electron chi connectivity index (χ0n) is 8.33. The van der Waals surface area contributed by atoms with Gasteiger partial charge in [-0.25, -0.2) is 12.8 Å². The molecule has 0 aromatic heterocycles. The van der Waals surface area contributed by atoms with Crippen LogP contribution in [0.5, 0.6) is 0 Å². The minimum Gasteiger partial charge on any atom is -0.352 e. The topological polar surface area (TPSA) is 63.2 Å². The molecular weight excluding hydrogens is 257 g/mol. The number of amides is 1. The lowest BCUT2D eigenvalue weighted by molar-refractivity contribution is 0.0955. The Morgan fingerprint density at radius 2 is 2.06 bits per heavy atom. The van der Waals surface area contributed by atoms with Crippen LogP contribution >= 0.6 is 10.7 Å². The SMILES string of the molecule is CCNC(=O)c1cc(F)cc(S(=O)(=O)Cl)c1. The number of benzene rings is 1. The average Bonchev–Trinajstić information content (AvgIpc) is 2.16. The molecule has 0 atom stereocenters. The van der Waals surface area contributed by atoms with Crippen molar-refractivity contribution in [3.8, 4) is 0 Å². The van der Waals surface area contributed by atoms with Crippen molar-refractivity contribution in [3.05, 3.63) is 29.6 Å². The van der Waals surface area contributed by atoms with Crippen LogP contribution in [0.4, 0.5) is 4.39 Å². The van der Waals surface area contributed by atoms with E-state index in [4.69, 9.17) is 10.7 Å². The minimum absolute atomic E-state index is 0.0823. The molecule has 7 heteroatoms. The lowest BCUT2D eigenvalue weighted by Crippen LogP contribution is -2.23. The molecule has 0 aliphatic rings. The van der Waals surface area contributed by atoms with Gasteiger partial charge in [-0.3, -0.25) is 4.79 Å². The molecule has 0 saturated heterocycles. The van der Waals surface area contributed by atoms with Crippen LogP contribution in [0.1, 0.15) is 17.3 Å². The van der Waals surface area contributed by atoms with Crippen molar-refractivity contribution in [2.24, 2.45) is 0 Å². The molecule has 0 aliphatic heterocycles. The summed E-state index contributed by atoms with van der Waals surface area (Å²) in [5, 5.41) is 2.42. The van der Waals surface area contributed by atoms with E-state index in [2.05, 4.69) is 5.32 Å². The van der Waals surface area contributed by atoms with Gasteiger partial charge in [0.25, 0.3) is 15.0 Å². The summed E-state index contributed by atoms with van der Waals surface area (Å²) in [5.41, 5.74) is -0.0823. The van der Waals surface area contributed by atoms with Crippen molar-refractivity contribution in [2.75, 3.05) is 6.54 Å². The second-order valence-electron chi connectivity index (χ2n) is 2.97. The first-order valence-corrected chi connectivity index (χ1v) is 6.69. The molecule has 0 bridgehead atoms. The number of hydrogen-bond acceptors (Lipinski definition) is 3. The Bertz CT molecular complexity index is 515. The number of halogens is 2. The van der Waals surface area contributed by atoms with Gasteiger partial charge in [-0.05, 0) is 25.1 Å². The quantitative estimate of drug-likeness (QED) is 0.843. The summed E-state index contributed by atoms with van der Waals surface area (Å²) in [5.74, 6) is -1.38. The van der Waals surface area contributed by atoms with Gasteiger partial charge in [0.15, 0.2) is 0 Å². The average molecular weight is 266 g/mol. The van der Waals surface area contributed by atoms with Crippen LogP contribution in [-0.2, 0) is 9.05 Å². The third-order valence-electron chi connectivity index (χ3n) is 1.75. The lowest BCUT2D eigenvalue weighted by Gasteiger charge is -2.04. The summed E-state index contributed by atoms with van der Waals surface area (Å²) in [6, 6.07) is 2.72. The van der Waals surface area contributed by atoms with Crippen molar-refractivity contribution < 1.29 is 17.6 Å². The number of carbonyl (C=O) groups excluding carboxylic acids is 1. The van der Waals surface area contributed by atoms with Gasteiger partial charge in [-0.1, -0.05) is 0 Å². The predicted molar refractivity (Wildman–Crippen MR) is 57.4 cm³/mol. The summed E-state index contributed by atoms with van der Waals surface area (Å²) in [6.07, 6.45) is 0. The Morgan fingerprint density at radius 3 is 2.56 bits per heavy atom. The molecule has 4 nitrogen and oxygen atoms in total. The fraction of sp³-hybridized carbons (Fsp3) is 0.222. The van der Waals surface area contributed by atoms with Crippen LogP contribution in [0.3, 0.4) is 0 Å². The van der Waals surface area contributed by atoms with E-state index in [1.807, 2.05) is 0 Å². The van der Waals surface area contributed by atoms with Crippen molar-refractivity contribution >= 4 is 25.6 Å². The van der Waals surface area contributed by atoms with Crippen molar-refractivity contribution in [2.45, 2.75) is 11.8 Å². The molecule has 1 N–H and O–H groups in total. The molecule has 16 heavy (non-hydrogen) atoms. The first kappa shape index (κ1) is 12.9. The van der Waals surface area contributed by atoms with E-state index in [-0.39, 0.29) is 5.56 Å². The molecule has 1 aromatic rings. The van der Waals surface area contributed by atoms with Crippen molar-refractivity contribution in [1.82, 2.24) is 5.32 Å². The Kier molecular flexibility index (Phi) is 3.88. The van der Waals surface area contributed by atoms with E-state index in [0.717, 1.165) is 18.2 Å². The first-order valence-electron chi connectivity index (χ1n) is 4.38. The zero-order valence-corrected chi connectivity index (χ0v) is 9.90. The molecule has 0 radical (unpaired) electrons. The van der Waals surface area contributed by atoms with Gasteiger partial charge < -0.3 is 5.32 Å². The largest absolute Gasteiger partial charge is 0.352 e. The van der Waals surface area contributed by atoms with Crippen LogP contribution in [0.25, 0.3) is 0 Å². The highest BCUT2D eigenvalue weighted by atomic mass is 35.7. The van der Waals surface area contributed by atoms with Gasteiger partial charge in [0.2, 0.25) is 0 Å². The van der Waals surface area contributed by atoms with E-state index in [1.54, 1.807) is 6.92 Å². The number of hydrogen-bond donors (Lipinski definition) is 1. The van der Waals surface area contributed by atoms with Crippen LogP contribution in [-0.4, -0.2) is 20.9 Å². The van der Waals surface area contributed by atoms with Gasteiger partial charge in [-0.15, -0.1) is 0 Å². The van der Waals surface area contributed by atoms with Crippen molar-refractivity contribution in [3.63, 3.8) is 0 Å². The third kappa shape index (κ3) is 3.18. The minimum atomic E-state index is -4.04. The second kappa shape index (κ2) is 4.80. The smallest absolute Gasteiger partial charge is 0.261 e. The molecule has 0 aliphatic carbocycles. The van der Waals surface area contributed by atoms with Crippen molar-refractivity contribution in [1.29, 1.82) is 0 Å².